The van der Waals surface area contributed by atoms with Gasteiger partial charge in [-0.25, -0.2) is 0 Å². The summed E-state index contributed by atoms with van der Waals surface area (Å²) in [5.41, 5.74) is 5.45. The maximum atomic E-state index is 11.2. The molecule has 6 nitrogen and oxygen atoms in total. The van der Waals surface area contributed by atoms with Crippen molar-refractivity contribution < 1.29 is 19.4 Å². The van der Waals surface area contributed by atoms with E-state index in [9.17, 15) is 9.59 Å². The minimum atomic E-state index is -0.870. The number of aliphatic carboxylic acids is 1. The van der Waals surface area contributed by atoms with Crippen molar-refractivity contribution in [1.29, 1.82) is 0 Å². The van der Waals surface area contributed by atoms with Gasteiger partial charge in [0.1, 0.15) is 6.04 Å². The number of nitrogens with two attached hydrogens (primary N) is 1. The van der Waals surface area contributed by atoms with Gasteiger partial charge in [-0.1, -0.05) is 6.92 Å². The Morgan fingerprint density at radius 2 is 2.13 bits per heavy atom. The summed E-state index contributed by atoms with van der Waals surface area (Å²) < 4.78 is 4.71. The van der Waals surface area contributed by atoms with Crippen LogP contribution < -0.4 is 11.1 Å². The largest absolute Gasteiger partial charge is 0.481 e. The van der Waals surface area contributed by atoms with Crippen molar-refractivity contribution in [1.82, 2.24) is 5.32 Å². The molecule has 0 aromatic heterocycles. The van der Waals surface area contributed by atoms with Crippen molar-refractivity contribution in [3.05, 3.63) is 0 Å². The normalized spacial score (nSPS) is 14.3. The van der Waals surface area contributed by atoms with Crippen LogP contribution in [0.2, 0.25) is 0 Å². The van der Waals surface area contributed by atoms with E-state index in [1.165, 1.54) is 7.11 Å². The molecule has 0 saturated heterocycles. The first-order valence-corrected chi connectivity index (χ1v) is 4.74. The Morgan fingerprint density at radius 1 is 1.53 bits per heavy atom. The zero-order valence-electron chi connectivity index (χ0n) is 9.03. The molecule has 15 heavy (non-hydrogen) atoms. The molecular weight excluding hydrogens is 200 g/mol. The van der Waals surface area contributed by atoms with Gasteiger partial charge in [-0.3, -0.25) is 9.59 Å². The second-order valence-electron chi connectivity index (χ2n) is 3.38. The van der Waals surface area contributed by atoms with Gasteiger partial charge in [0.25, 0.3) is 0 Å². The van der Waals surface area contributed by atoms with E-state index in [2.05, 4.69) is 5.32 Å². The third-order valence-corrected chi connectivity index (χ3v) is 1.98. The average molecular weight is 218 g/mol. The lowest BCUT2D eigenvalue weighted by Crippen LogP contribution is -2.44. The van der Waals surface area contributed by atoms with E-state index in [-0.39, 0.29) is 12.5 Å². The fraction of sp³-hybridized carbons (Fsp3) is 0.778. The number of carboxylic acids is 1. The van der Waals surface area contributed by atoms with Crippen LogP contribution in [-0.4, -0.2) is 43.3 Å². The Bertz CT molecular complexity index is 220. The van der Waals surface area contributed by atoms with Crippen molar-refractivity contribution in [3.8, 4) is 0 Å². The topological polar surface area (TPSA) is 102 Å². The number of amides is 1. The van der Waals surface area contributed by atoms with Crippen molar-refractivity contribution >= 4 is 11.9 Å². The number of hydrogen-bond donors (Lipinski definition) is 3. The highest BCUT2D eigenvalue weighted by atomic mass is 16.5. The summed E-state index contributed by atoms with van der Waals surface area (Å²) in [4.78, 5) is 21.7. The van der Waals surface area contributed by atoms with Crippen LogP contribution in [-0.2, 0) is 14.3 Å². The number of carbonyl (C=O) groups is 2. The Balaban J connectivity index is 3.67. The monoisotopic (exact) mass is 218 g/mol. The fourth-order valence-electron chi connectivity index (χ4n) is 0.922. The number of carboxylic acid groups (broad SMARTS) is 1. The minimum absolute atomic E-state index is 0.153. The first-order chi connectivity index (χ1) is 6.99. The second-order valence-corrected chi connectivity index (χ2v) is 3.38. The molecule has 0 saturated carbocycles. The van der Waals surface area contributed by atoms with Crippen LogP contribution in [0.4, 0.5) is 0 Å². The second kappa shape index (κ2) is 7.19. The zero-order valence-corrected chi connectivity index (χ0v) is 9.03. The van der Waals surface area contributed by atoms with Gasteiger partial charge >= 0.3 is 5.97 Å². The molecule has 4 N–H and O–H groups in total. The standard InChI is InChI=1S/C9H18N2O4/c1-6(9(13)14)3-4-11-8(12)7(10)5-15-2/h6-7H,3-5,10H2,1-2H3,(H,11,12)(H,13,14). The van der Waals surface area contributed by atoms with Crippen molar-refractivity contribution in [3.63, 3.8) is 0 Å². The van der Waals surface area contributed by atoms with Gasteiger partial charge < -0.3 is 20.9 Å². The Morgan fingerprint density at radius 3 is 2.60 bits per heavy atom. The third-order valence-electron chi connectivity index (χ3n) is 1.98. The Labute approximate surface area is 88.8 Å². The van der Waals surface area contributed by atoms with Gasteiger partial charge in [0.05, 0.1) is 12.5 Å². The van der Waals surface area contributed by atoms with E-state index in [0.717, 1.165) is 0 Å². The van der Waals surface area contributed by atoms with Crippen LogP contribution in [0.5, 0.6) is 0 Å². The van der Waals surface area contributed by atoms with Crippen LogP contribution in [0, 0.1) is 5.92 Å². The predicted octanol–water partition coefficient (Wildman–Crippen LogP) is -0.813. The smallest absolute Gasteiger partial charge is 0.306 e. The SMILES string of the molecule is COCC(N)C(=O)NCCC(C)C(=O)O. The van der Waals surface area contributed by atoms with Crippen molar-refractivity contribution in [2.45, 2.75) is 19.4 Å². The van der Waals surface area contributed by atoms with E-state index in [4.69, 9.17) is 15.6 Å². The summed E-state index contributed by atoms with van der Waals surface area (Å²) in [5, 5.41) is 11.1. The lowest BCUT2D eigenvalue weighted by Gasteiger charge is -2.12. The lowest BCUT2D eigenvalue weighted by atomic mass is 10.1. The average Bonchev–Trinajstić information content (AvgIpc) is 2.17. The molecule has 0 aromatic carbocycles. The first kappa shape index (κ1) is 13.9. The lowest BCUT2D eigenvalue weighted by molar-refractivity contribution is -0.141. The number of ether oxygens (including phenoxy) is 1. The summed E-state index contributed by atoms with van der Waals surface area (Å²) in [6, 6.07) is -0.699. The summed E-state index contributed by atoms with van der Waals surface area (Å²) in [5.74, 6) is -1.66. The number of carbonyl (C=O) groups excluding carboxylic acids is 1. The van der Waals surface area contributed by atoms with Gasteiger partial charge in [0, 0.05) is 13.7 Å². The summed E-state index contributed by atoms with van der Waals surface area (Å²) in [6.45, 7) is 2.05. The Kier molecular flexibility index (Phi) is 6.64. The van der Waals surface area contributed by atoms with E-state index >= 15 is 0 Å². The first-order valence-electron chi connectivity index (χ1n) is 4.74. The summed E-state index contributed by atoms with van der Waals surface area (Å²) in [7, 11) is 1.46. The van der Waals surface area contributed by atoms with Gasteiger partial charge in [0.2, 0.25) is 5.91 Å². The quantitative estimate of drug-likeness (QED) is 0.518. The van der Waals surface area contributed by atoms with E-state index in [1.807, 2.05) is 0 Å². The highest BCUT2D eigenvalue weighted by Gasteiger charge is 2.14. The molecule has 0 fully saturated rings. The molecule has 0 aliphatic carbocycles. The van der Waals surface area contributed by atoms with E-state index in [0.29, 0.717) is 13.0 Å². The Hall–Kier alpha value is -1.14. The maximum Gasteiger partial charge on any atom is 0.306 e. The summed E-state index contributed by atoms with van der Waals surface area (Å²) >= 11 is 0. The molecule has 0 radical (unpaired) electrons. The van der Waals surface area contributed by atoms with Gasteiger partial charge in [-0.05, 0) is 6.42 Å². The number of rotatable bonds is 7. The molecule has 0 aromatic rings. The van der Waals surface area contributed by atoms with E-state index in [1.54, 1.807) is 6.92 Å². The molecule has 88 valence electrons. The molecule has 6 heteroatoms. The number of hydrogen-bond acceptors (Lipinski definition) is 4. The van der Waals surface area contributed by atoms with Crippen LogP contribution in [0.1, 0.15) is 13.3 Å². The van der Waals surface area contributed by atoms with Gasteiger partial charge in [0.15, 0.2) is 0 Å². The highest BCUT2D eigenvalue weighted by Crippen LogP contribution is 1.99. The molecule has 2 atom stereocenters. The molecule has 0 aliphatic rings. The van der Waals surface area contributed by atoms with Crippen LogP contribution in [0.25, 0.3) is 0 Å². The third kappa shape index (κ3) is 6.03. The van der Waals surface area contributed by atoms with Crippen LogP contribution >= 0.6 is 0 Å². The fourth-order valence-corrected chi connectivity index (χ4v) is 0.922. The predicted molar refractivity (Wildman–Crippen MR) is 54.3 cm³/mol. The highest BCUT2D eigenvalue weighted by molar-refractivity contribution is 5.81. The van der Waals surface area contributed by atoms with Crippen molar-refractivity contribution in [2.75, 3.05) is 20.3 Å². The van der Waals surface area contributed by atoms with Crippen LogP contribution in [0.3, 0.4) is 0 Å². The number of nitrogens with one attached hydrogen (secondary N) is 1. The van der Waals surface area contributed by atoms with E-state index < -0.39 is 17.9 Å². The maximum absolute atomic E-state index is 11.2. The van der Waals surface area contributed by atoms with Gasteiger partial charge in [-0.2, -0.15) is 0 Å². The molecule has 0 heterocycles. The molecule has 2 unspecified atom stereocenters. The van der Waals surface area contributed by atoms with Gasteiger partial charge in [-0.15, -0.1) is 0 Å². The van der Waals surface area contributed by atoms with Crippen molar-refractivity contribution in [2.24, 2.45) is 11.7 Å². The molecule has 0 bridgehead atoms. The molecule has 0 aliphatic heterocycles. The molecule has 0 spiro atoms. The minimum Gasteiger partial charge on any atom is -0.481 e. The summed E-state index contributed by atoms with van der Waals surface area (Å²) in [6.07, 6.45) is 0.390. The molecule has 0 rings (SSSR count). The number of methoxy groups -OCH3 is 1. The molecular formula is C9H18N2O4. The molecule has 1 amide bonds. The van der Waals surface area contributed by atoms with Crippen LogP contribution in [0.15, 0.2) is 0 Å². The zero-order chi connectivity index (χ0) is 11.8.